The molecule has 3 aromatic carbocycles. The number of benzene rings is 3. The fourth-order valence-electron chi connectivity index (χ4n) is 6.64. The van der Waals surface area contributed by atoms with Crippen molar-refractivity contribution in [2.24, 2.45) is 11.8 Å². The number of aromatic nitrogens is 6. The SMILES string of the molecule is C=C(C(C)C)N(CC)Cc1ccc(-c2noc(C(F)(F)F)n2)cc1.C=C(C(C)OC)N(Cc1ccc(-c2noc(C(F)(F)F)n2)cc1)OCC.CON(Cc1ccc(-c2noc(C(C)(F)F)n2)c(F)c1F)C(=O)C1CC1. The van der Waals surface area contributed by atoms with Gasteiger partial charge in [0.1, 0.15) is 0 Å². The van der Waals surface area contributed by atoms with Crippen LogP contribution in [0.25, 0.3) is 34.2 Å². The summed E-state index contributed by atoms with van der Waals surface area (Å²) in [4.78, 5) is 34.8. The molecular weight excluding hydrogens is 1030 g/mol. The van der Waals surface area contributed by atoms with Crippen LogP contribution in [0.5, 0.6) is 0 Å². The second kappa shape index (κ2) is 25.6. The van der Waals surface area contributed by atoms with Crippen LogP contribution < -0.4 is 0 Å². The predicted molar refractivity (Wildman–Crippen MR) is 252 cm³/mol. The highest BCUT2D eigenvalue weighted by Gasteiger charge is 2.40. The molecule has 3 heterocycles. The molecular formula is C50H55F10N9O7. The number of methoxy groups -OCH3 is 1. The van der Waals surface area contributed by atoms with Crippen molar-refractivity contribution in [2.45, 2.75) is 98.4 Å². The van der Waals surface area contributed by atoms with E-state index in [0.717, 1.165) is 47.3 Å². The van der Waals surface area contributed by atoms with Gasteiger partial charge in [-0.15, -0.1) is 0 Å². The zero-order valence-corrected chi connectivity index (χ0v) is 42.5. The van der Waals surface area contributed by atoms with Crippen molar-refractivity contribution < 1.29 is 76.7 Å². The molecule has 26 heteroatoms. The van der Waals surface area contributed by atoms with Crippen LogP contribution in [0.4, 0.5) is 43.9 Å². The van der Waals surface area contributed by atoms with E-state index in [-0.39, 0.29) is 41.7 Å². The maximum atomic E-state index is 14.4. The number of hydrogen-bond donors (Lipinski definition) is 0. The highest BCUT2D eigenvalue weighted by molar-refractivity contribution is 5.80. The van der Waals surface area contributed by atoms with Gasteiger partial charge in [0.15, 0.2) is 11.6 Å². The Kier molecular flexibility index (Phi) is 20.1. The van der Waals surface area contributed by atoms with E-state index in [1.807, 2.05) is 26.0 Å². The highest BCUT2D eigenvalue weighted by atomic mass is 19.4. The van der Waals surface area contributed by atoms with Crippen LogP contribution in [0.15, 0.2) is 98.8 Å². The quantitative estimate of drug-likeness (QED) is 0.0522. The number of alkyl halides is 8. The van der Waals surface area contributed by atoms with Gasteiger partial charge in [0, 0.05) is 55.4 Å². The van der Waals surface area contributed by atoms with Crippen molar-refractivity contribution in [3.05, 3.63) is 131 Å². The van der Waals surface area contributed by atoms with Crippen LogP contribution in [0.3, 0.4) is 0 Å². The van der Waals surface area contributed by atoms with Crippen molar-refractivity contribution in [1.82, 2.24) is 45.4 Å². The molecule has 7 rings (SSSR count). The van der Waals surface area contributed by atoms with Crippen molar-refractivity contribution in [3.63, 3.8) is 0 Å². The Hall–Kier alpha value is -7.19. The zero-order valence-electron chi connectivity index (χ0n) is 42.5. The number of nitrogens with zero attached hydrogens (tertiary/aromatic N) is 9. The molecule has 1 fully saturated rings. The van der Waals surface area contributed by atoms with E-state index in [2.05, 4.69) is 82.8 Å². The van der Waals surface area contributed by atoms with Crippen LogP contribution in [0, 0.1) is 23.5 Å². The van der Waals surface area contributed by atoms with E-state index in [0.29, 0.717) is 49.4 Å². The number of hydrogen-bond acceptors (Lipinski definition) is 15. The fourth-order valence-corrected chi connectivity index (χ4v) is 6.64. The molecule has 1 aliphatic carbocycles. The minimum atomic E-state index is -4.67. The number of ether oxygens (including phenoxy) is 1. The number of amides is 1. The van der Waals surface area contributed by atoms with E-state index in [1.165, 1.54) is 13.2 Å². The normalized spacial score (nSPS) is 13.1. The summed E-state index contributed by atoms with van der Waals surface area (Å²) in [6.45, 7) is 20.6. The summed E-state index contributed by atoms with van der Waals surface area (Å²) in [6.07, 6.45) is -8.06. The zero-order chi connectivity index (χ0) is 56.3. The molecule has 1 aliphatic rings. The third-order valence-electron chi connectivity index (χ3n) is 11.3. The van der Waals surface area contributed by atoms with E-state index < -0.39 is 59.0 Å². The van der Waals surface area contributed by atoms with Crippen molar-refractivity contribution in [3.8, 4) is 34.2 Å². The fraction of sp³-hybridized carbons (Fsp3) is 0.420. The molecule has 3 aromatic heterocycles. The number of halogens is 10. The first-order valence-corrected chi connectivity index (χ1v) is 23.3. The average Bonchev–Trinajstić information content (AvgIpc) is 3.70. The Morgan fingerprint density at radius 2 is 1.16 bits per heavy atom. The van der Waals surface area contributed by atoms with E-state index in [9.17, 15) is 48.7 Å². The van der Waals surface area contributed by atoms with Gasteiger partial charge < -0.3 is 23.2 Å². The average molecular weight is 1080 g/mol. The predicted octanol–water partition coefficient (Wildman–Crippen LogP) is 12.2. The van der Waals surface area contributed by atoms with E-state index in [1.54, 1.807) is 48.6 Å². The topological polar surface area (TPSA) is 171 Å². The van der Waals surface area contributed by atoms with Crippen LogP contribution in [0.1, 0.15) is 88.7 Å². The second-order valence-corrected chi connectivity index (χ2v) is 17.3. The Morgan fingerprint density at radius 1 is 0.671 bits per heavy atom. The van der Waals surface area contributed by atoms with Crippen LogP contribution in [-0.2, 0) is 57.1 Å². The van der Waals surface area contributed by atoms with Crippen LogP contribution >= 0.6 is 0 Å². The molecule has 0 N–H and O–H groups in total. The molecule has 1 amide bonds. The summed E-state index contributed by atoms with van der Waals surface area (Å²) in [5.74, 6) is -10.5. The lowest BCUT2D eigenvalue weighted by Crippen LogP contribution is -2.31. The monoisotopic (exact) mass is 1080 g/mol. The van der Waals surface area contributed by atoms with E-state index >= 15 is 0 Å². The molecule has 1 atom stereocenters. The van der Waals surface area contributed by atoms with Crippen molar-refractivity contribution in [1.29, 1.82) is 0 Å². The Bertz CT molecular complexity index is 2860. The molecule has 1 unspecified atom stereocenters. The summed E-state index contributed by atoms with van der Waals surface area (Å²) in [5.41, 5.74) is 3.94. The van der Waals surface area contributed by atoms with Gasteiger partial charge in [-0.3, -0.25) is 19.5 Å². The smallest absolute Gasteiger partial charge is 0.375 e. The van der Waals surface area contributed by atoms with Crippen molar-refractivity contribution in [2.75, 3.05) is 27.4 Å². The van der Waals surface area contributed by atoms with Gasteiger partial charge in [-0.25, -0.2) is 13.8 Å². The number of rotatable bonds is 20. The molecule has 412 valence electrons. The number of carbonyl (C=O) groups is 1. The molecule has 76 heavy (non-hydrogen) atoms. The molecule has 6 aromatic rings. The Balaban J connectivity index is 0.000000211. The maximum absolute atomic E-state index is 14.4. The highest BCUT2D eigenvalue weighted by Crippen LogP contribution is 2.34. The molecule has 0 aliphatic heterocycles. The minimum absolute atomic E-state index is 0.0761. The van der Waals surface area contributed by atoms with Gasteiger partial charge >= 0.3 is 30.1 Å². The number of allylic oxidation sites excluding steroid dienone is 1. The lowest BCUT2D eigenvalue weighted by atomic mass is 10.1. The maximum Gasteiger partial charge on any atom is 0.471 e. The lowest BCUT2D eigenvalue weighted by Gasteiger charge is -2.28. The largest absolute Gasteiger partial charge is 0.471 e. The molecule has 0 spiro atoms. The summed E-state index contributed by atoms with van der Waals surface area (Å²) < 4.78 is 148. The van der Waals surface area contributed by atoms with Gasteiger partial charge in [-0.05, 0) is 56.7 Å². The Labute approximate surface area is 430 Å². The molecule has 0 bridgehead atoms. The third-order valence-corrected chi connectivity index (χ3v) is 11.3. The molecule has 16 nitrogen and oxygen atoms in total. The van der Waals surface area contributed by atoms with Crippen LogP contribution in [0.2, 0.25) is 0 Å². The second-order valence-electron chi connectivity index (χ2n) is 17.3. The lowest BCUT2D eigenvalue weighted by molar-refractivity contribution is -0.181. The number of carbonyl (C=O) groups excluding carboxylic acids is 1. The summed E-state index contributed by atoms with van der Waals surface area (Å²) in [6, 6.07) is 16.1. The molecule has 1 saturated carbocycles. The van der Waals surface area contributed by atoms with Gasteiger partial charge in [-0.1, -0.05) is 97.1 Å². The Morgan fingerprint density at radius 3 is 1.57 bits per heavy atom. The number of hydroxylamine groups is 4. The van der Waals surface area contributed by atoms with Crippen molar-refractivity contribution >= 4 is 5.91 Å². The summed E-state index contributed by atoms with van der Waals surface area (Å²) in [7, 11) is 2.84. The summed E-state index contributed by atoms with van der Waals surface area (Å²) in [5, 5.41) is 12.6. The van der Waals surface area contributed by atoms with Gasteiger partial charge in [0.05, 0.1) is 44.2 Å². The first kappa shape index (κ1) is 59.7. The van der Waals surface area contributed by atoms with Gasteiger partial charge in [0.2, 0.25) is 23.4 Å². The van der Waals surface area contributed by atoms with Gasteiger partial charge in [-0.2, -0.15) is 50.1 Å². The molecule has 0 saturated heterocycles. The first-order chi connectivity index (χ1) is 35.7. The molecule has 0 radical (unpaired) electrons. The standard InChI is InChI=1S/C17H20F3N3O3.C17H20F3N3O.C16H15F4N3O3/c1-5-25-23(11(2)12(3)24-4)10-13-6-8-14(9-7-13)15-21-16(26-22-15)17(18,19)20;1-5-23(12(4)11(2)3)10-13-6-8-14(9-7-13)15-21-16(24-22-15)17(18,19)20;1-16(19,20)15-21-13(22-26-15)10-6-5-9(11(17)12(10)18)7-23(25-2)14(24)8-3-4-8/h6-9,12H,2,5,10H2,1,3-4H3;6-9,11H,4-5,10H2,1-3H3;5-6,8H,3-4,7H2,1-2H3. The third kappa shape index (κ3) is 15.9. The first-order valence-electron chi connectivity index (χ1n) is 23.3. The van der Waals surface area contributed by atoms with Crippen LogP contribution in [-0.4, -0.2) is 84.8 Å². The summed E-state index contributed by atoms with van der Waals surface area (Å²) >= 11 is 0. The van der Waals surface area contributed by atoms with Gasteiger partial charge in [0.25, 0.3) is 5.89 Å². The van der Waals surface area contributed by atoms with E-state index in [4.69, 9.17) is 14.4 Å². The minimum Gasteiger partial charge on any atom is -0.375 e.